The maximum absolute atomic E-state index is 5.61. The third-order valence-electron chi connectivity index (χ3n) is 3.86. The Morgan fingerprint density at radius 2 is 1.79 bits per heavy atom. The summed E-state index contributed by atoms with van der Waals surface area (Å²) in [5, 5.41) is 3.41. The summed E-state index contributed by atoms with van der Waals surface area (Å²) >= 11 is 0. The molecule has 1 saturated heterocycles. The third-order valence-corrected chi connectivity index (χ3v) is 3.86. The lowest BCUT2D eigenvalue weighted by Crippen LogP contribution is -2.15. The van der Waals surface area contributed by atoms with Gasteiger partial charge in [-0.1, -0.05) is 20.8 Å². The lowest BCUT2D eigenvalue weighted by molar-refractivity contribution is 0.382. The average Bonchev–Trinajstić information content (AvgIpc) is 2.89. The first-order valence-electron chi connectivity index (χ1n) is 6.94. The molecule has 3 nitrogen and oxygen atoms in total. The number of rotatable bonds is 3. The van der Waals surface area contributed by atoms with E-state index in [1.807, 2.05) is 0 Å². The molecule has 19 heavy (non-hydrogen) atoms. The van der Waals surface area contributed by atoms with Crippen molar-refractivity contribution < 1.29 is 9.47 Å². The second-order valence-corrected chi connectivity index (χ2v) is 6.23. The van der Waals surface area contributed by atoms with Crippen molar-refractivity contribution in [3.8, 4) is 11.5 Å². The van der Waals surface area contributed by atoms with Gasteiger partial charge in [0.25, 0.3) is 0 Å². The summed E-state index contributed by atoms with van der Waals surface area (Å²) in [7, 11) is 3.49. The number of hydrogen-bond donors (Lipinski definition) is 1. The fraction of sp³-hybridized carbons (Fsp3) is 0.625. The van der Waals surface area contributed by atoms with E-state index < -0.39 is 0 Å². The minimum absolute atomic E-state index is 0.0467. The van der Waals surface area contributed by atoms with Crippen LogP contribution in [-0.4, -0.2) is 27.3 Å². The summed E-state index contributed by atoms with van der Waals surface area (Å²) in [5.41, 5.74) is 2.50. The second-order valence-electron chi connectivity index (χ2n) is 6.23. The Balaban J connectivity index is 2.50. The predicted octanol–water partition coefficient (Wildman–Crippen LogP) is 3.08. The molecule has 0 aromatic heterocycles. The molecule has 0 radical (unpaired) electrons. The second kappa shape index (κ2) is 5.41. The van der Waals surface area contributed by atoms with Crippen LogP contribution in [0.4, 0.5) is 0 Å². The molecule has 1 fully saturated rings. The molecule has 0 saturated carbocycles. The van der Waals surface area contributed by atoms with Crippen LogP contribution in [0.15, 0.2) is 12.1 Å². The van der Waals surface area contributed by atoms with Crippen molar-refractivity contribution in [3.63, 3.8) is 0 Å². The molecule has 0 amide bonds. The van der Waals surface area contributed by atoms with E-state index in [1.165, 1.54) is 11.1 Å². The molecule has 1 unspecified atom stereocenters. The van der Waals surface area contributed by atoms with Crippen molar-refractivity contribution in [2.45, 2.75) is 38.5 Å². The zero-order valence-corrected chi connectivity index (χ0v) is 12.7. The molecule has 1 aromatic rings. The van der Waals surface area contributed by atoms with E-state index in [1.54, 1.807) is 14.2 Å². The molecule has 1 N–H and O–H groups in total. The first-order chi connectivity index (χ1) is 8.97. The normalized spacial score (nSPS) is 19.5. The van der Waals surface area contributed by atoms with Crippen LogP contribution in [-0.2, 0) is 5.41 Å². The molecule has 3 heteroatoms. The smallest absolute Gasteiger partial charge is 0.123 e. The molecule has 0 aliphatic carbocycles. The minimum Gasteiger partial charge on any atom is -0.496 e. The topological polar surface area (TPSA) is 30.5 Å². The van der Waals surface area contributed by atoms with E-state index >= 15 is 0 Å². The van der Waals surface area contributed by atoms with E-state index in [0.29, 0.717) is 5.92 Å². The first-order valence-corrected chi connectivity index (χ1v) is 6.94. The lowest BCUT2D eigenvalue weighted by Gasteiger charge is -2.25. The molecular weight excluding hydrogens is 238 g/mol. The van der Waals surface area contributed by atoms with Gasteiger partial charge in [-0.2, -0.15) is 0 Å². The molecule has 1 aliphatic rings. The van der Waals surface area contributed by atoms with Gasteiger partial charge in [-0.15, -0.1) is 0 Å². The van der Waals surface area contributed by atoms with Gasteiger partial charge in [-0.3, -0.25) is 0 Å². The highest BCUT2D eigenvalue weighted by Gasteiger charge is 2.26. The largest absolute Gasteiger partial charge is 0.496 e. The van der Waals surface area contributed by atoms with Crippen molar-refractivity contribution in [1.29, 1.82) is 0 Å². The molecule has 0 spiro atoms. The van der Waals surface area contributed by atoms with Crippen LogP contribution in [0.25, 0.3) is 0 Å². The van der Waals surface area contributed by atoms with Crippen LogP contribution in [0.3, 0.4) is 0 Å². The highest BCUT2D eigenvalue weighted by Crippen LogP contribution is 2.40. The molecule has 0 bridgehead atoms. The maximum Gasteiger partial charge on any atom is 0.123 e. The summed E-state index contributed by atoms with van der Waals surface area (Å²) in [6.07, 6.45) is 1.16. The van der Waals surface area contributed by atoms with Gasteiger partial charge in [-0.05, 0) is 30.5 Å². The van der Waals surface area contributed by atoms with Gasteiger partial charge in [0.15, 0.2) is 0 Å². The Hall–Kier alpha value is -1.22. The van der Waals surface area contributed by atoms with Crippen molar-refractivity contribution in [2.24, 2.45) is 0 Å². The predicted molar refractivity (Wildman–Crippen MR) is 78.5 cm³/mol. The van der Waals surface area contributed by atoms with Crippen molar-refractivity contribution in [2.75, 3.05) is 27.3 Å². The fourth-order valence-corrected chi connectivity index (χ4v) is 2.75. The van der Waals surface area contributed by atoms with Crippen LogP contribution in [0.5, 0.6) is 11.5 Å². The fourth-order valence-electron chi connectivity index (χ4n) is 2.75. The zero-order chi connectivity index (χ0) is 14.0. The van der Waals surface area contributed by atoms with Gasteiger partial charge < -0.3 is 14.8 Å². The highest BCUT2D eigenvalue weighted by molar-refractivity contribution is 5.51. The maximum atomic E-state index is 5.61. The molecular formula is C16H25NO2. The number of ether oxygens (including phenoxy) is 2. The van der Waals surface area contributed by atoms with E-state index in [2.05, 4.69) is 38.2 Å². The number of nitrogens with one attached hydrogen (secondary N) is 1. The van der Waals surface area contributed by atoms with E-state index in [0.717, 1.165) is 31.0 Å². The summed E-state index contributed by atoms with van der Waals surface area (Å²) < 4.78 is 11.2. The average molecular weight is 263 g/mol. The summed E-state index contributed by atoms with van der Waals surface area (Å²) in [5.74, 6) is 2.48. The SMILES string of the molecule is COc1cc(C(C)(C)C)c(OC)cc1C1CCNC1. The van der Waals surface area contributed by atoms with Gasteiger partial charge in [0.05, 0.1) is 14.2 Å². The molecule has 106 valence electrons. The number of hydrogen-bond acceptors (Lipinski definition) is 3. The van der Waals surface area contributed by atoms with E-state index in [4.69, 9.17) is 9.47 Å². The number of benzene rings is 1. The van der Waals surface area contributed by atoms with Crippen LogP contribution in [0.2, 0.25) is 0 Å². The van der Waals surface area contributed by atoms with E-state index in [9.17, 15) is 0 Å². The van der Waals surface area contributed by atoms with E-state index in [-0.39, 0.29) is 5.41 Å². The number of methoxy groups -OCH3 is 2. The first kappa shape index (κ1) is 14.2. The Labute approximate surface area is 116 Å². The zero-order valence-electron chi connectivity index (χ0n) is 12.7. The Kier molecular flexibility index (Phi) is 4.04. The summed E-state index contributed by atoms with van der Waals surface area (Å²) in [6, 6.07) is 4.31. The molecule has 1 heterocycles. The Morgan fingerprint density at radius 1 is 1.11 bits per heavy atom. The van der Waals surface area contributed by atoms with Crippen molar-refractivity contribution >= 4 is 0 Å². The quantitative estimate of drug-likeness (QED) is 0.909. The highest BCUT2D eigenvalue weighted by atomic mass is 16.5. The molecule has 2 rings (SSSR count). The Morgan fingerprint density at radius 3 is 2.26 bits per heavy atom. The lowest BCUT2D eigenvalue weighted by atomic mass is 9.84. The van der Waals surface area contributed by atoms with Gasteiger partial charge in [0, 0.05) is 23.6 Å². The van der Waals surface area contributed by atoms with Crippen molar-refractivity contribution in [3.05, 3.63) is 23.3 Å². The van der Waals surface area contributed by atoms with Gasteiger partial charge in [0.2, 0.25) is 0 Å². The van der Waals surface area contributed by atoms with Crippen LogP contribution in [0.1, 0.15) is 44.2 Å². The standard InChI is InChI=1S/C16H25NO2/c1-16(2,3)13-9-14(18-4)12(8-15(13)19-5)11-6-7-17-10-11/h8-9,11,17H,6-7,10H2,1-5H3. The summed E-state index contributed by atoms with van der Waals surface area (Å²) in [6.45, 7) is 8.69. The van der Waals surface area contributed by atoms with Crippen LogP contribution >= 0.6 is 0 Å². The Bertz CT molecular complexity index is 443. The third kappa shape index (κ3) is 2.86. The van der Waals surface area contributed by atoms with Gasteiger partial charge in [-0.25, -0.2) is 0 Å². The van der Waals surface area contributed by atoms with Crippen LogP contribution in [0, 0.1) is 0 Å². The molecule has 1 aromatic carbocycles. The van der Waals surface area contributed by atoms with Crippen LogP contribution < -0.4 is 14.8 Å². The van der Waals surface area contributed by atoms with Gasteiger partial charge in [0.1, 0.15) is 11.5 Å². The molecule has 1 atom stereocenters. The minimum atomic E-state index is 0.0467. The monoisotopic (exact) mass is 263 g/mol. The van der Waals surface area contributed by atoms with Gasteiger partial charge >= 0.3 is 0 Å². The molecule has 1 aliphatic heterocycles. The van der Waals surface area contributed by atoms with Crippen molar-refractivity contribution in [1.82, 2.24) is 5.32 Å². The summed E-state index contributed by atoms with van der Waals surface area (Å²) in [4.78, 5) is 0.